The number of hydrogen-bond acceptors (Lipinski definition) is 14. The Labute approximate surface area is 292 Å². The average molecular weight is 732 g/mol. The van der Waals surface area contributed by atoms with Gasteiger partial charge in [0.1, 0.15) is 0 Å². The lowest BCUT2D eigenvalue weighted by Crippen LogP contribution is -2.60. The van der Waals surface area contributed by atoms with E-state index < -0.39 is 36.5 Å². The van der Waals surface area contributed by atoms with Gasteiger partial charge in [-0.2, -0.15) is 0 Å². The van der Waals surface area contributed by atoms with Crippen LogP contribution < -0.4 is 15.5 Å². The van der Waals surface area contributed by atoms with Gasteiger partial charge in [0.25, 0.3) is 0 Å². The lowest BCUT2D eigenvalue weighted by Gasteiger charge is -2.42. The molecule has 0 saturated carbocycles. The quantitative estimate of drug-likeness (QED) is 0.130. The molecule has 0 aliphatic carbocycles. The highest BCUT2D eigenvalue weighted by molar-refractivity contribution is 8.13. The molecule has 3 rings (SSSR count). The van der Waals surface area contributed by atoms with Gasteiger partial charge in [-0.15, -0.1) is 0 Å². The first kappa shape index (κ1) is 44.9. The van der Waals surface area contributed by atoms with E-state index in [9.17, 15) is 34.8 Å². The summed E-state index contributed by atoms with van der Waals surface area (Å²) in [5.41, 5.74) is 0. The van der Waals surface area contributed by atoms with Crippen molar-refractivity contribution in [2.45, 2.75) is 135 Å². The Hall–Kier alpha value is -1.15. The average Bonchev–Trinajstić information content (AvgIpc) is 3.03. The zero-order valence-electron chi connectivity index (χ0n) is 29.1. The van der Waals surface area contributed by atoms with E-state index in [-0.39, 0.29) is 97.5 Å². The normalized spacial score (nSPS) is 39.5. The maximum atomic E-state index is 11.8. The second kappa shape index (κ2) is 21.9. The number of hydrogen-bond donors (Lipinski definition) is 9. The minimum absolute atomic E-state index is 0.0217. The molecule has 3 heterocycles. The molecule has 3 fully saturated rings. The molecule has 0 radical (unpaired) electrons. The Kier molecular flexibility index (Phi) is 20.5. The summed E-state index contributed by atoms with van der Waals surface area (Å²) >= 11 is 6.58. The molecule has 0 unspecified atom stereocenters. The van der Waals surface area contributed by atoms with Crippen molar-refractivity contribution in [1.29, 1.82) is 0 Å². The lowest BCUT2D eigenvalue weighted by atomic mass is 9.87. The van der Waals surface area contributed by atoms with Crippen LogP contribution in [0.5, 0.6) is 0 Å². The summed E-state index contributed by atoms with van der Waals surface area (Å²) in [5, 5.41) is 62.5. The van der Waals surface area contributed by atoms with Crippen LogP contribution in [0, 0.1) is 17.8 Å². The molecule has 2 amide bonds. The molecule has 0 aromatic rings. The van der Waals surface area contributed by atoms with E-state index >= 15 is 0 Å². The van der Waals surface area contributed by atoms with Gasteiger partial charge in [-0.25, -0.2) is 4.84 Å². The third-order valence-electron chi connectivity index (χ3n) is 9.16. The number of thioether (sulfide) groups is 1. The molecule has 15 nitrogen and oxygen atoms in total. The van der Waals surface area contributed by atoms with E-state index in [2.05, 4.69) is 15.5 Å². The highest BCUT2D eigenvalue weighted by atomic mass is 35.5. The van der Waals surface area contributed by atoms with Crippen LogP contribution in [-0.2, 0) is 28.6 Å². The van der Waals surface area contributed by atoms with Crippen LogP contribution >= 0.6 is 23.5 Å². The summed E-state index contributed by atoms with van der Waals surface area (Å²) < 4.78 is 16.6. The number of aliphatic hydroxyl groups is 6. The lowest BCUT2D eigenvalue weighted by molar-refractivity contribution is -0.161. The summed E-state index contributed by atoms with van der Waals surface area (Å²) in [6.07, 6.45) is -3.75. The molecular weight excluding hydrogens is 674 g/mol. The number of ether oxygens (including phenoxy) is 3. The first-order valence-electron chi connectivity index (χ1n) is 16.3. The van der Waals surface area contributed by atoms with Crippen molar-refractivity contribution in [3.8, 4) is 0 Å². The highest BCUT2D eigenvalue weighted by Crippen LogP contribution is 2.27. The molecule has 3 aliphatic rings. The van der Waals surface area contributed by atoms with Gasteiger partial charge < -0.3 is 55.5 Å². The fourth-order valence-electron chi connectivity index (χ4n) is 5.89. The van der Waals surface area contributed by atoms with Crippen molar-refractivity contribution < 1.29 is 59.2 Å². The van der Waals surface area contributed by atoms with Gasteiger partial charge in [0, 0.05) is 43.8 Å². The smallest absolute Gasteiger partial charge is 0.221 e. The minimum Gasteiger partial charge on any atom is -0.394 e. The standard InChI is InChI=1S/C13H23NO5S.C10H19NO4.C8H16ClNO3/c1-7-10(6-15)19-8(2)12(13(7)18)14-11(17)4-5-20-9(3)16;1-5-8(4-12)15-6(2)9(10(5)14)11-7(3)13;1-4-6(3-11)13-5(2)7(10-9)8(4)12/h7-8,10,12-13,15,18H,4-6H2,1-3H3,(H,14,17);5-6,8-10,12,14H,4H2,1-3H3,(H,11,13);4-8,10-12H,3H2,1-2H3/t7-,8+,10-,12+,13-;5-,6+,8-,9+,10-;4-,5+,6-,7+,8-/m111/s1. The predicted octanol–water partition coefficient (Wildman–Crippen LogP) is -0.940. The molecule has 0 aromatic heterocycles. The molecule has 3 aliphatic heterocycles. The van der Waals surface area contributed by atoms with Crippen LogP contribution in [0.4, 0.5) is 0 Å². The molecular formula is C31H58ClN3O12S. The largest absolute Gasteiger partial charge is 0.394 e. The van der Waals surface area contributed by atoms with Crippen molar-refractivity contribution in [1.82, 2.24) is 15.5 Å². The van der Waals surface area contributed by atoms with E-state index in [1.165, 1.54) is 13.8 Å². The summed E-state index contributed by atoms with van der Waals surface area (Å²) in [6.45, 7) is 13.3. The molecule has 0 aromatic carbocycles. The first-order chi connectivity index (χ1) is 22.4. The van der Waals surface area contributed by atoms with Crippen LogP contribution in [-0.4, -0.2) is 146 Å². The number of halogens is 1. The molecule has 17 heteroatoms. The van der Waals surface area contributed by atoms with E-state index in [1.54, 1.807) is 27.7 Å². The van der Waals surface area contributed by atoms with Crippen LogP contribution in [0.15, 0.2) is 0 Å². The van der Waals surface area contributed by atoms with Crippen molar-refractivity contribution in [2.24, 2.45) is 17.8 Å². The molecule has 48 heavy (non-hydrogen) atoms. The van der Waals surface area contributed by atoms with E-state index in [0.29, 0.717) is 5.75 Å². The predicted molar refractivity (Wildman–Crippen MR) is 180 cm³/mol. The van der Waals surface area contributed by atoms with Crippen LogP contribution in [0.1, 0.15) is 61.8 Å². The fourth-order valence-corrected chi connectivity index (χ4v) is 6.78. The van der Waals surface area contributed by atoms with E-state index in [1.807, 2.05) is 13.8 Å². The Morgan fingerprint density at radius 3 is 1.33 bits per heavy atom. The molecule has 0 spiro atoms. The van der Waals surface area contributed by atoms with Crippen molar-refractivity contribution in [2.75, 3.05) is 25.6 Å². The zero-order valence-corrected chi connectivity index (χ0v) is 30.7. The van der Waals surface area contributed by atoms with Gasteiger partial charge in [0.2, 0.25) is 11.8 Å². The van der Waals surface area contributed by atoms with Crippen LogP contribution in [0.3, 0.4) is 0 Å². The van der Waals surface area contributed by atoms with Gasteiger partial charge >= 0.3 is 0 Å². The molecule has 3 saturated heterocycles. The number of nitrogens with one attached hydrogen (secondary N) is 3. The van der Waals surface area contributed by atoms with Gasteiger partial charge in [-0.05, 0) is 32.5 Å². The number of carbonyl (C=O) groups is 3. The number of aliphatic hydroxyl groups excluding tert-OH is 6. The Balaban J connectivity index is 0.000000370. The molecule has 282 valence electrons. The second-order valence-electron chi connectivity index (χ2n) is 12.8. The number of rotatable bonds is 9. The number of carbonyl (C=O) groups excluding carboxylic acids is 3. The summed E-state index contributed by atoms with van der Waals surface area (Å²) in [7, 11) is 0. The van der Waals surface area contributed by atoms with Gasteiger partial charge in [-0.1, -0.05) is 32.5 Å². The maximum absolute atomic E-state index is 11.8. The molecule has 15 atom stereocenters. The van der Waals surface area contributed by atoms with Crippen LogP contribution in [0.25, 0.3) is 0 Å². The first-order valence-corrected chi connectivity index (χ1v) is 17.7. The second-order valence-corrected chi connectivity index (χ2v) is 14.3. The molecule has 9 N–H and O–H groups in total. The monoisotopic (exact) mass is 731 g/mol. The van der Waals surface area contributed by atoms with Gasteiger partial charge in [-0.3, -0.25) is 14.4 Å². The van der Waals surface area contributed by atoms with Crippen molar-refractivity contribution >= 4 is 40.5 Å². The van der Waals surface area contributed by atoms with Gasteiger partial charge in [0.05, 0.1) is 92.9 Å². The summed E-state index contributed by atoms with van der Waals surface area (Å²) in [4.78, 5) is 36.0. The van der Waals surface area contributed by atoms with Gasteiger partial charge in [0.15, 0.2) is 5.12 Å². The third-order valence-corrected chi connectivity index (χ3v) is 10.2. The Morgan fingerprint density at radius 2 is 1.00 bits per heavy atom. The van der Waals surface area contributed by atoms with Crippen LogP contribution in [0.2, 0.25) is 0 Å². The molecule has 0 bridgehead atoms. The van der Waals surface area contributed by atoms with E-state index in [4.69, 9.17) is 36.2 Å². The maximum Gasteiger partial charge on any atom is 0.221 e. The Morgan fingerprint density at radius 1 is 0.646 bits per heavy atom. The summed E-state index contributed by atoms with van der Waals surface area (Å²) in [6, 6.07) is -1.18. The SMILES string of the molecule is CC(=O)N[C@@H]1[C@H](O)[C@H](C)[C@@H](CO)O[C@H]1C.CC(=O)SCCC(=O)N[C@@H]1[C@H](O)[C@H](C)[C@@H](CO)O[C@H]1C.C[C@H]1[C@@H](O)[C@@H](NCl)[C@H](C)O[C@@H]1CO. The third kappa shape index (κ3) is 13.2. The number of amides is 2. The van der Waals surface area contributed by atoms with Crippen molar-refractivity contribution in [3.63, 3.8) is 0 Å². The fraction of sp³-hybridized carbons (Fsp3) is 0.903. The zero-order chi connectivity index (χ0) is 36.9. The van der Waals surface area contributed by atoms with E-state index in [0.717, 1.165) is 11.8 Å². The highest BCUT2D eigenvalue weighted by Gasteiger charge is 2.43. The Bertz CT molecular complexity index is 989. The topological polar surface area (TPSA) is 236 Å². The summed E-state index contributed by atoms with van der Waals surface area (Å²) in [5.74, 6) is -0.542. The minimum atomic E-state index is -0.764. The van der Waals surface area contributed by atoms with Crippen molar-refractivity contribution in [3.05, 3.63) is 0 Å².